The first-order chi connectivity index (χ1) is 8.10. The van der Waals surface area contributed by atoms with Crippen molar-refractivity contribution in [3.63, 3.8) is 0 Å². The van der Waals surface area contributed by atoms with E-state index in [4.69, 9.17) is 5.73 Å². The van der Waals surface area contributed by atoms with Gasteiger partial charge in [-0.15, -0.1) is 0 Å². The molecule has 0 saturated heterocycles. The largest absolute Gasteiger partial charge is 0.327 e. The van der Waals surface area contributed by atoms with Crippen molar-refractivity contribution in [3.05, 3.63) is 15.9 Å². The van der Waals surface area contributed by atoms with E-state index in [9.17, 15) is 0 Å². The zero-order valence-electron chi connectivity index (χ0n) is 10.9. The van der Waals surface area contributed by atoms with Gasteiger partial charge in [0.1, 0.15) is 0 Å². The van der Waals surface area contributed by atoms with Gasteiger partial charge < -0.3 is 5.73 Å². The summed E-state index contributed by atoms with van der Waals surface area (Å²) < 4.78 is 3.09. The second-order valence-corrected chi connectivity index (χ2v) is 6.17. The molecule has 2 N–H and O–H groups in total. The maximum absolute atomic E-state index is 6.15. The van der Waals surface area contributed by atoms with E-state index >= 15 is 0 Å². The third kappa shape index (κ3) is 4.30. The maximum Gasteiger partial charge on any atom is 0.0766 e. The average molecular weight is 320 g/mol. The Morgan fingerprint density at radius 3 is 2.71 bits per heavy atom. The summed E-state index contributed by atoms with van der Waals surface area (Å²) >= 11 is 5.56. The molecule has 17 heavy (non-hydrogen) atoms. The van der Waals surface area contributed by atoms with Gasteiger partial charge in [-0.1, -0.05) is 13.8 Å². The number of thioether (sulfide) groups is 1. The molecule has 0 aromatic carbocycles. The van der Waals surface area contributed by atoms with Crippen LogP contribution in [0.5, 0.6) is 0 Å². The molecule has 98 valence electrons. The van der Waals surface area contributed by atoms with Crippen molar-refractivity contribution in [2.75, 3.05) is 11.5 Å². The summed E-state index contributed by atoms with van der Waals surface area (Å²) in [6.07, 6.45) is 3.06. The molecule has 0 bridgehead atoms. The van der Waals surface area contributed by atoms with Gasteiger partial charge in [-0.3, -0.25) is 4.68 Å². The van der Waals surface area contributed by atoms with Gasteiger partial charge in [-0.25, -0.2) is 0 Å². The van der Waals surface area contributed by atoms with Crippen LogP contribution < -0.4 is 5.73 Å². The van der Waals surface area contributed by atoms with Crippen LogP contribution in [-0.4, -0.2) is 27.3 Å². The van der Waals surface area contributed by atoms with E-state index in [0.717, 1.165) is 28.8 Å². The third-order valence-corrected chi connectivity index (χ3v) is 4.92. The summed E-state index contributed by atoms with van der Waals surface area (Å²) in [6.45, 7) is 4.32. The van der Waals surface area contributed by atoms with Gasteiger partial charge in [-0.2, -0.15) is 16.9 Å². The Kier molecular flexibility index (Phi) is 6.59. The van der Waals surface area contributed by atoms with Gasteiger partial charge in [0.2, 0.25) is 0 Å². The number of aryl methyl sites for hydroxylation is 2. The molecule has 0 aliphatic rings. The summed E-state index contributed by atoms with van der Waals surface area (Å²) in [6, 6.07) is 0.211. The second-order valence-electron chi connectivity index (χ2n) is 4.22. The van der Waals surface area contributed by atoms with Crippen LogP contribution in [0, 0.1) is 0 Å². The van der Waals surface area contributed by atoms with Crippen molar-refractivity contribution in [1.29, 1.82) is 0 Å². The normalized spacial score (nSPS) is 13.0. The fourth-order valence-corrected chi connectivity index (χ4v) is 3.38. The summed E-state index contributed by atoms with van der Waals surface area (Å²) in [4.78, 5) is 0. The quantitative estimate of drug-likeness (QED) is 0.786. The highest BCUT2D eigenvalue weighted by molar-refractivity contribution is 9.10. The molecule has 3 nitrogen and oxygen atoms in total. The molecule has 1 aromatic heterocycles. The smallest absolute Gasteiger partial charge is 0.0766 e. The summed E-state index contributed by atoms with van der Waals surface area (Å²) in [7, 11) is 1.99. The van der Waals surface area contributed by atoms with Gasteiger partial charge in [0, 0.05) is 25.3 Å². The minimum Gasteiger partial charge on any atom is -0.327 e. The van der Waals surface area contributed by atoms with E-state index in [-0.39, 0.29) is 6.04 Å². The molecule has 1 unspecified atom stereocenters. The summed E-state index contributed by atoms with van der Waals surface area (Å²) in [5.41, 5.74) is 8.49. The van der Waals surface area contributed by atoms with Crippen LogP contribution in [0.1, 0.15) is 31.7 Å². The lowest BCUT2D eigenvalue weighted by atomic mass is 10.2. The maximum atomic E-state index is 6.15. The Bertz CT molecular complexity index is 352. The van der Waals surface area contributed by atoms with Crippen molar-refractivity contribution >= 4 is 27.7 Å². The lowest BCUT2D eigenvalue weighted by Crippen LogP contribution is -2.27. The van der Waals surface area contributed by atoms with Gasteiger partial charge in [-0.05, 0) is 34.5 Å². The molecule has 0 saturated carbocycles. The minimum absolute atomic E-state index is 0.211. The monoisotopic (exact) mass is 319 g/mol. The van der Waals surface area contributed by atoms with E-state index in [2.05, 4.69) is 34.9 Å². The van der Waals surface area contributed by atoms with E-state index in [1.807, 2.05) is 23.5 Å². The summed E-state index contributed by atoms with van der Waals surface area (Å²) in [5.74, 6) is 2.22. The minimum atomic E-state index is 0.211. The van der Waals surface area contributed by atoms with Gasteiger partial charge in [0.15, 0.2) is 0 Å². The SMILES string of the molecule is CCCSCC(N)Cc1c(Br)c(CC)nn1C. The Labute approximate surface area is 117 Å². The van der Waals surface area contributed by atoms with Crippen LogP contribution in [0.25, 0.3) is 0 Å². The van der Waals surface area contributed by atoms with Gasteiger partial charge in [0.05, 0.1) is 15.9 Å². The van der Waals surface area contributed by atoms with E-state index in [1.165, 1.54) is 17.9 Å². The first kappa shape index (κ1) is 15.1. The van der Waals surface area contributed by atoms with Crippen molar-refractivity contribution < 1.29 is 0 Å². The molecule has 0 radical (unpaired) electrons. The highest BCUT2D eigenvalue weighted by Gasteiger charge is 2.15. The van der Waals surface area contributed by atoms with Crippen LogP contribution in [0.15, 0.2) is 4.47 Å². The molecule has 0 spiro atoms. The predicted molar refractivity (Wildman–Crippen MR) is 79.6 cm³/mol. The Balaban J connectivity index is 2.58. The van der Waals surface area contributed by atoms with Crippen LogP contribution in [-0.2, 0) is 19.9 Å². The zero-order valence-corrected chi connectivity index (χ0v) is 13.3. The number of hydrogen-bond donors (Lipinski definition) is 1. The van der Waals surface area contributed by atoms with Crippen LogP contribution in [0.2, 0.25) is 0 Å². The molecular formula is C12H22BrN3S. The van der Waals surface area contributed by atoms with Crippen LogP contribution >= 0.6 is 27.7 Å². The lowest BCUT2D eigenvalue weighted by molar-refractivity contribution is 0.649. The van der Waals surface area contributed by atoms with Crippen molar-refractivity contribution in [2.24, 2.45) is 12.8 Å². The molecule has 0 aliphatic carbocycles. The number of nitrogens with zero attached hydrogens (tertiary/aromatic N) is 2. The lowest BCUT2D eigenvalue weighted by Gasteiger charge is -2.11. The standard InChI is InChI=1S/C12H22BrN3S/c1-4-6-17-8-9(14)7-11-12(13)10(5-2)15-16(11)3/h9H,4-8,14H2,1-3H3. The van der Waals surface area contributed by atoms with Gasteiger partial charge >= 0.3 is 0 Å². The van der Waals surface area contributed by atoms with Crippen molar-refractivity contribution in [3.8, 4) is 0 Å². The van der Waals surface area contributed by atoms with Crippen LogP contribution in [0.3, 0.4) is 0 Å². The first-order valence-electron chi connectivity index (χ1n) is 6.13. The molecule has 1 atom stereocenters. The number of nitrogens with two attached hydrogens (primary N) is 1. The number of hydrogen-bond acceptors (Lipinski definition) is 3. The summed E-state index contributed by atoms with van der Waals surface area (Å²) in [5, 5.41) is 4.49. The Hall–Kier alpha value is 0. The molecule has 1 aromatic rings. The number of halogens is 1. The van der Waals surface area contributed by atoms with Crippen LogP contribution in [0.4, 0.5) is 0 Å². The van der Waals surface area contributed by atoms with Gasteiger partial charge in [0.25, 0.3) is 0 Å². The molecule has 5 heteroatoms. The molecular weight excluding hydrogens is 298 g/mol. The third-order valence-electron chi connectivity index (χ3n) is 2.64. The first-order valence-corrected chi connectivity index (χ1v) is 8.08. The number of rotatable bonds is 7. The Morgan fingerprint density at radius 2 is 2.18 bits per heavy atom. The van der Waals surface area contributed by atoms with E-state index in [0.29, 0.717) is 0 Å². The zero-order chi connectivity index (χ0) is 12.8. The molecule has 0 amide bonds. The van der Waals surface area contributed by atoms with E-state index < -0.39 is 0 Å². The average Bonchev–Trinajstić information content (AvgIpc) is 2.57. The van der Waals surface area contributed by atoms with E-state index in [1.54, 1.807) is 0 Å². The molecule has 1 heterocycles. The van der Waals surface area contributed by atoms with Crippen molar-refractivity contribution in [2.45, 2.75) is 39.2 Å². The Morgan fingerprint density at radius 1 is 1.47 bits per heavy atom. The molecule has 1 rings (SSSR count). The fraction of sp³-hybridized carbons (Fsp3) is 0.750. The predicted octanol–water partition coefficient (Wildman–Crippen LogP) is 2.76. The number of aromatic nitrogens is 2. The molecule has 0 fully saturated rings. The second kappa shape index (κ2) is 7.44. The highest BCUT2D eigenvalue weighted by Crippen LogP contribution is 2.23. The fourth-order valence-electron chi connectivity index (χ4n) is 1.73. The topological polar surface area (TPSA) is 43.8 Å². The highest BCUT2D eigenvalue weighted by atomic mass is 79.9. The molecule has 0 aliphatic heterocycles. The van der Waals surface area contributed by atoms with Crippen molar-refractivity contribution in [1.82, 2.24) is 9.78 Å².